The standard InChI is InChI=1S/C16H15ClO2/c1-3-19-15-7-5-4-6-14(15)16(18)13-9-8-12(17)10-11(13)2/h4-10H,3H2,1-2H3. The summed E-state index contributed by atoms with van der Waals surface area (Å²) in [6.07, 6.45) is 0. The lowest BCUT2D eigenvalue weighted by molar-refractivity contribution is 0.103. The number of hydrogen-bond acceptors (Lipinski definition) is 2. The fourth-order valence-corrected chi connectivity index (χ4v) is 2.19. The third-order valence-corrected chi connectivity index (χ3v) is 3.10. The topological polar surface area (TPSA) is 26.3 Å². The number of ketones is 1. The number of halogens is 1. The Morgan fingerprint density at radius 3 is 2.58 bits per heavy atom. The molecule has 0 unspecified atom stereocenters. The number of hydrogen-bond donors (Lipinski definition) is 0. The van der Waals surface area contributed by atoms with Crippen molar-refractivity contribution in [1.82, 2.24) is 0 Å². The second-order valence-corrected chi connectivity index (χ2v) is 4.65. The van der Waals surface area contributed by atoms with E-state index in [0.29, 0.717) is 28.5 Å². The molecular formula is C16H15ClO2. The Morgan fingerprint density at radius 2 is 1.89 bits per heavy atom. The molecule has 2 aromatic rings. The molecule has 3 heteroatoms. The summed E-state index contributed by atoms with van der Waals surface area (Å²) in [5.74, 6) is 0.572. The van der Waals surface area contributed by atoms with E-state index < -0.39 is 0 Å². The van der Waals surface area contributed by atoms with Gasteiger partial charge in [0.05, 0.1) is 12.2 Å². The van der Waals surface area contributed by atoms with Gasteiger partial charge < -0.3 is 4.74 Å². The van der Waals surface area contributed by atoms with Crippen LogP contribution in [-0.4, -0.2) is 12.4 Å². The zero-order chi connectivity index (χ0) is 13.8. The molecule has 0 fully saturated rings. The monoisotopic (exact) mass is 274 g/mol. The van der Waals surface area contributed by atoms with Crippen molar-refractivity contribution >= 4 is 17.4 Å². The highest BCUT2D eigenvalue weighted by Crippen LogP contribution is 2.24. The number of para-hydroxylation sites is 1. The number of ether oxygens (including phenoxy) is 1. The Hall–Kier alpha value is -1.80. The zero-order valence-corrected chi connectivity index (χ0v) is 11.7. The number of rotatable bonds is 4. The van der Waals surface area contributed by atoms with Crippen molar-refractivity contribution in [2.24, 2.45) is 0 Å². The maximum absolute atomic E-state index is 12.6. The summed E-state index contributed by atoms with van der Waals surface area (Å²) in [5.41, 5.74) is 2.09. The summed E-state index contributed by atoms with van der Waals surface area (Å²) < 4.78 is 5.50. The van der Waals surface area contributed by atoms with Crippen molar-refractivity contribution in [3.05, 3.63) is 64.2 Å². The normalized spacial score (nSPS) is 10.3. The SMILES string of the molecule is CCOc1ccccc1C(=O)c1ccc(Cl)cc1C. The van der Waals surface area contributed by atoms with Crippen molar-refractivity contribution in [3.63, 3.8) is 0 Å². The number of carbonyl (C=O) groups excluding carboxylic acids is 1. The fraction of sp³-hybridized carbons (Fsp3) is 0.188. The van der Waals surface area contributed by atoms with Crippen molar-refractivity contribution in [1.29, 1.82) is 0 Å². The minimum absolute atomic E-state index is 0.0433. The number of benzene rings is 2. The molecule has 2 aromatic carbocycles. The maximum Gasteiger partial charge on any atom is 0.197 e. The molecule has 0 bridgehead atoms. The van der Waals surface area contributed by atoms with Crippen molar-refractivity contribution in [2.75, 3.05) is 6.61 Å². The molecule has 0 aliphatic heterocycles. The molecule has 98 valence electrons. The average molecular weight is 275 g/mol. The molecule has 0 amide bonds. The smallest absolute Gasteiger partial charge is 0.197 e. The number of carbonyl (C=O) groups is 1. The minimum Gasteiger partial charge on any atom is -0.493 e. The van der Waals surface area contributed by atoms with Gasteiger partial charge in [-0.2, -0.15) is 0 Å². The molecule has 0 aliphatic rings. The predicted octanol–water partition coefficient (Wildman–Crippen LogP) is 4.28. The quantitative estimate of drug-likeness (QED) is 0.778. The van der Waals surface area contributed by atoms with Crippen LogP contribution in [0.2, 0.25) is 5.02 Å². The van der Waals surface area contributed by atoms with E-state index in [1.165, 1.54) is 0 Å². The van der Waals surface area contributed by atoms with Crippen molar-refractivity contribution < 1.29 is 9.53 Å². The summed E-state index contributed by atoms with van der Waals surface area (Å²) in [5, 5.41) is 0.632. The second kappa shape index (κ2) is 5.89. The van der Waals surface area contributed by atoms with Crippen LogP contribution >= 0.6 is 11.6 Å². The minimum atomic E-state index is -0.0433. The summed E-state index contributed by atoms with van der Waals surface area (Å²) in [6.45, 7) is 4.31. The third-order valence-electron chi connectivity index (χ3n) is 2.86. The Bertz CT molecular complexity index is 605. The van der Waals surface area contributed by atoms with E-state index in [4.69, 9.17) is 16.3 Å². The molecule has 0 N–H and O–H groups in total. The molecule has 0 aliphatic carbocycles. The van der Waals surface area contributed by atoms with Crippen molar-refractivity contribution in [3.8, 4) is 5.75 Å². The summed E-state index contributed by atoms with van der Waals surface area (Å²) in [6, 6.07) is 12.5. The van der Waals surface area contributed by atoms with E-state index in [-0.39, 0.29) is 5.78 Å². The van der Waals surface area contributed by atoms with Crippen LogP contribution in [0.15, 0.2) is 42.5 Å². The van der Waals surface area contributed by atoms with E-state index in [0.717, 1.165) is 5.56 Å². The molecule has 2 rings (SSSR count). The molecule has 0 aromatic heterocycles. The van der Waals surface area contributed by atoms with Gasteiger partial charge in [-0.25, -0.2) is 0 Å². The molecule has 0 heterocycles. The van der Waals surface area contributed by atoms with Gasteiger partial charge in [0.1, 0.15) is 5.75 Å². The molecule has 0 saturated heterocycles. The van der Waals surface area contributed by atoms with Gasteiger partial charge in [-0.05, 0) is 49.7 Å². The number of aryl methyl sites for hydroxylation is 1. The van der Waals surface area contributed by atoms with Gasteiger partial charge in [-0.1, -0.05) is 23.7 Å². The van der Waals surface area contributed by atoms with E-state index in [2.05, 4.69) is 0 Å². The zero-order valence-electron chi connectivity index (χ0n) is 10.9. The van der Waals surface area contributed by atoms with Gasteiger partial charge >= 0.3 is 0 Å². The highest BCUT2D eigenvalue weighted by Gasteiger charge is 2.16. The van der Waals surface area contributed by atoms with Gasteiger partial charge in [-0.15, -0.1) is 0 Å². The lowest BCUT2D eigenvalue weighted by Crippen LogP contribution is -2.06. The lowest BCUT2D eigenvalue weighted by Gasteiger charge is -2.10. The molecule has 0 atom stereocenters. The van der Waals surface area contributed by atoms with Crippen LogP contribution in [0.4, 0.5) is 0 Å². The first kappa shape index (κ1) is 13.6. The fourth-order valence-electron chi connectivity index (χ4n) is 1.96. The average Bonchev–Trinajstić information content (AvgIpc) is 2.39. The summed E-state index contributed by atoms with van der Waals surface area (Å²) in [7, 11) is 0. The van der Waals surface area contributed by atoms with Gasteiger partial charge in [0.2, 0.25) is 0 Å². The van der Waals surface area contributed by atoms with Gasteiger partial charge in [0, 0.05) is 10.6 Å². The van der Waals surface area contributed by atoms with Crippen LogP contribution in [0, 0.1) is 6.92 Å². The van der Waals surface area contributed by atoms with E-state index in [9.17, 15) is 4.79 Å². The first-order chi connectivity index (χ1) is 9.13. The Morgan fingerprint density at radius 1 is 1.16 bits per heavy atom. The van der Waals surface area contributed by atoms with Crippen LogP contribution in [0.25, 0.3) is 0 Å². The lowest BCUT2D eigenvalue weighted by atomic mass is 9.98. The molecular weight excluding hydrogens is 260 g/mol. The van der Waals surface area contributed by atoms with Gasteiger partial charge in [-0.3, -0.25) is 4.79 Å². The molecule has 19 heavy (non-hydrogen) atoms. The highest BCUT2D eigenvalue weighted by atomic mass is 35.5. The van der Waals surface area contributed by atoms with Crippen LogP contribution in [-0.2, 0) is 0 Å². The van der Waals surface area contributed by atoms with Crippen LogP contribution in [0.1, 0.15) is 28.4 Å². The second-order valence-electron chi connectivity index (χ2n) is 4.22. The largest absolute Gasteiger partial charge is 0.493 e. The van der Waals surface area contributed by atoms with E-state index >= 15 is 0 Å². The first-order valence-electron chi connectivity index (χ1n) is 6.16. The molecule has 0 radical (unpaired) electrons. The molecule has 2 nitrogen and oxygen atoms in total. The summed E-state index contributed by atoms with van der Waals surface area (Å²) >= 11 is 5.91. The molecule has 0 spiro atoms. The van der Waals surface area contributed by atoms with E-state index in [1.807, 2.05) is 32.0 Å². The van der Waals surface area contributed by atoms with Gasteiger partial charge in [0.25, 0.3) is 0 Å². The Labute approximate surface area is 118 Å². The first-order valence-corrected chi connectivity index (χ1v) is 6.54. The van der Waals surface area contributed by atoms with E-state index in [1.54, 1.807) is 24.3 Å². The highest BCUT2D eigenvalue weighted by molar-refractivity contribution is 6.30. The predicted molar refractivity (Wildman–Crippen MR) is 77.2 cm³/mol. The summed E-state index contributed by atoms with van der Waals surface area (Å²) in [4.78, 5) is 12.6. The molecule has 0 saturated carbocycles. The van der Waals surface area contributed by atoms with Gasteiger partial charge in [0.15, 0.2) is 5.78 Å². The van der Waals surface area contributed by atoms with Crippen LogP contribution in [0.3, 0.4) is 0 Å². The third kappa shape index (κ3) is 2.96. The Balaban J connectivity index is 2.44. The Kier molecular flexibility index (Phi) is 4.23. The maximum atomic E-state index is 12.6. The van der Waals surface area contributed by atoms with Crippen LogP contribution < -0.4 is 4.74 Å². The van der Waals surface area contributed by atoms with Crippen LogP contribution in [0.5, 0.6) is 5.75 Å². The van der Waals surface area contributed by atoms with Crippen molar-refractivity contribution in [2.45, 2.75) is 13.8 Å².